The van der Waals surface area contributed by atoms with Crippen LogP contribution >= 0.6 is 0 Å². The van der Waals surface area contributed by atoms with Crippen LogP contribution in [0, 0.1) is 11.3 Å². The molecule has 0 bridgehead atoms. The summed E-state index contributed by atoms with van der Waals surface area (Å²) >= 11 is 0. The Kier molecular flexibility index (Phi) is 8.08. The summed E-state index contributed by atoms with van der Waals surface area (Å²) < 4.78 is 0. The molecule has 0 saturated carbocycles. The van der Waals surface area contributed by atoms with Gasteiger partial charge in [0, 0.05) is 26.7 Å². The molecule has 0 radical (unpaired) electrons. The second-order valence-electron chi connectivity index (χ2n) is 8.99. The summed E-state index contributed by atoms with van der Waals surface area (Å²) in [5.74, 6) is 2.04. The number of nitrogens with zero attached hydrogens (tertiary/aromatic N) is 3. The molecule has 0 spiro atoms. The Morgan fingerprint density at radius 3 is 2.21 bits per heavy atom. The van der Waals surface area contributed by atoms with E-state index < -0.39 is 0 Å². The Labute approximate surface area is 151 Å². The molecule has 0 amide bonds. The Hall–Kier alpha value is -0.730. The van der Waals surface area contributed by atoms with Gasteiger partial charge in [-0.05, 0) is 50.4 Å². The largest absolute Gasteiger partial charge is 0.344 e. The molecular weight excluding hydrogens is 294 g/mol. The summed E-state index contributed by atoms with van der Waals surface area (Å²) in [5.41, 5.74) is 0.578. The van der Waals surface area contributed by atoms with Crippen LogP contribution in [0.4, 0.5) is 0 Å². The van der Waals surface area contributed by atoms with Crippen LogP contribution in [0.3, 0.4) is 0 Å². The van der Waals surface area contributed by atoms with Crippen molar-refractivity contribution >= 4 is 5.96 Å². The van der Waals surface area contributed by atoms with Crippen LogP contribution in [0.5, 0.6) is 0 Å². The zero-order chi connectivity index (χ0) is 18.4. The van der Waals surface area contributed by atoms with Gasteiger partial charge in [-0.25, -0.2) is 4.99 Å². The maximum Gasteiger partial charge on any atom is 0.196 e. The third kappa shape index (κ3) is 6.29. The number of likely N-dealkylation sites (N-methyl/N-ethyl adjacent to an activating group) is 1. The first-order valence-corrected chi connectivity index (χ1v) is 10.2. The van der Waals surface area contributed by atoms with E-state index in [-0.39, 0.29) is 5.54 Å². The summed E-state index contributed by atoms with van der Waals surface area (Å²) in [6.45, 7) is 19.7. The van der Waals surface area contributed by atoms with E-state index in [2.05, 4.69) is 65.3 Å². The molecule has 3 heteroatoms. The lowest BCUT2D eigenvalue weighted by Crippen LogP contribution is -2.36. The minimum atomic E-state index is 0.0879. The lowest BCUT2D eigenvalue weighted by atomic mass is 9.80. The lowest BCUT2D eigenvalue weighted by molar-refractivity contribution is 0.253. The predicted molar refractivity (Wildman–Crippen MR) is 108 cm³/mol. The van der Waals surface area contributed by atoms with E-state index in [0.29, 0.717) is 5.41 Å². The van der Waals surface area contributed by atoms with E-state index in [1.54, 1.807) is 0 Å². The van der Waals surface area contributed by atoms with E-state index in [4.69, 9.17) is 4.99 Å². The van der Waals surface area contributed by atoms with Gasteiger partial charge in [0.2, 0.25) is 0 Å². The summed E-state index contributed by atoms with van der Waals surface area (Å²) in [5, 5.41) is 0. The maximum atomic E-state index is 5.15. The quantitative estimate of drug-likeness (QED) is 0.530. The van der Waals surface area contributed by atoms with Gasteiger partial charge < -0.3 is 9.80 Å². The van der Waals surface area contributed by atoms with Crippen molar-refractivity contribution in [2.24, 2.45) is 16.3 Å². The number of hydrogen-bond acceptors (Lipinski definition) is 1. The minimum Gasteiger partial charge on any atom is -0.344 e. The van der Waals surface area contributed by atoms with E-state index in [0.717, 1.165) is 38.4 Å². The SMILES string of the molecule is CCC(C)(C)CC(C)CCCN1CCN(C)/C1=N/C(C)(CC)CC. The first kappa shape index (κ1) is 21.3. The average molecular weight is 338 g/mol. The zero-order valence-electron chi connectivity index (χ0n) is 17.8. The highest BCUT2D eigenvalue weighted by molar-refractivity contribution is 5.82. The fourth-order valence-corrected chi connectivity index (χ4v) is 3.55. The molecular formula is C21H43N3. The molecule has 142 valence electrons. The van der Waals surface area contributed by atoms with Gasteiger partial charge in [-0.2, -0.15) is 0 Å². The molecule has 1 rings (SSSR count). The van der Waals surface area contributed by atoms with Crippen LogP contribution in [0.1, 0.15) is 87.0 Å². The van der Waals surface area contributed by atoms with Crippen molar-refractivity contribution in [1.29, 1.82) is 0 Å². The topological polar surface area (TPSA) is 18.8 Å². The van der Waals surface area contributed by atoms with Crippen molar-refractivity contribution in [3.05, 3.63) is 0 Å². The molecule has 0 N–H and O–H groups in total. The molecule has 0 aliphatic carbocycles. The predicted octanol–water partition coefficient (Wildman–Crippen LogP) is 5.41. The zero-order valence-corrected chi connectivity index (χ0v) is 17.8. The molecule has 1 aliphatic heterocycles. The standard InChI is InChI=1S/C21H43N3/c1-9-20(5,6)17-18(4)13-12-14-24-16-15-23(8)19(24)22-21(7,10-2)11-3/h18H,9-17H2,1-8H3/b22-19-. The molecule has 3 nitrogen and oxygen atoms in total. The van der Waals surface area contributed by atoms with Crippen LogP contribution in [0.2, 0.25) is 0 Å². The minimum absolute atomic E-state index is 0.0879. The smallest absolute Gasteiger partial charge is 0.196 e. The van der Waals surface area contributed by atoms with E-state index in [1.165, 1.54) is 31.6 Å². The molecule has 1 saturated heterocycles. The van der Waals surface area contributed by atoms with Crippen molar-refractivity contribution < 1.29 is 0 Å². The molecule has 1 aliphatic rings. The van der Waals surface area contributed by atoms with Gasteiger partial charge in [0.25, 0.3) is 0 Å². The van der Waals surface area contributed by atoms with Gasteiger partial charge in [0.1, 0.15) is 0 Å². The van der Waals surface area contributed by atoms with E-state index >= 15 is 0 Å². The fourth-order valence-electron chi connectivity index (χ4n) is 3.55. The van der Waals surface area contributed by atoms with Crippen molar-refractivity contribution in [2.75, 3.05) is 26.7 Å². The van der Waals surface area contributed by atoms with Crippen molar-refractivity contribution in [3.8, 4) is 0 Å². The van der Waals surface area contributed by atoms with Gasteiger partial charge in [-0.1, -0.05) is 48.0 Å². The second kappa shape index (κ2) is 9.10. The lowest BCUT2D eigenvalue weighted by Gasteiger charge is -2.29. The number of aliphatic imine (C=N–C) groups is 1. The number of guanidine groups is 1. The molecule has 1 fully saturated rings. The second-order valence-corrected chi connectivity index (χ2v) is 8.99. The fraction of sp³-hybridized carbons (Fsp3) is 0.952. The first-order valence-electron chi connectivity index (χ1n) is 10.2. The van der Waals surface area contributed by atoms with Gasteiger partial charge in [-0.3, -0.25) is 0 Å². The molecule has 1 unspecified atom stereocenters. The third-order valence-electron chi connectivity index (χ3n) is 6.21. The Morgan fingerprint density at radius 2 is 1.67 bits per heavy atom. The van der Waals surface area contributed by atoms with Gasteiger partial charge in [-0.15, -0.1) is 0 Å². The van der Waals surface area contributed by atoms with Crippen LogP contribution in [-0.2, 0) is 0 Å². The number of rotatable bonds is 10. The van der Waals surface area contributed by atoms with Crippen molar-refractivity contribution in [3.63, 3.8) is 0 Å². The summed E-state index contributed by atoms with van der Waals surface area (Å²) in [4.78, 5) is 10.0. The highest BCUT2D eigenvalue weighted by atomic mass is 15.4. The normalized spacial score (nSPS) is 19.4. The summed E-state index contributed by atoms with van der Waals surface area (Å²) in [7, 11) is 2.19. The Morgan fingerprint density at radius 1 is 1.04 bits per heavy atom. The maximum absolute atomic E-state index is 5.15. The monoisotopic (exact) mass is 337 g/mol. The van der Waals surface area contributed by atoms with Crippen LogP contribution in [-0.4, -0.2) is 48.0 Å². The summed E-state index contributed by atoms with van der Waals surface area (Å²) in [6.07, 6.45) is 7.44. The number of hydrogen-bond donors (Lipinski definition) is 0. The summed E-state index contributed by atoms with van der Waals surface area (Å²) in [6, 6.07) is 0. The molecule has 1 heterocycles. The van der Waals surface area contributed by atoms with E-state index in [9.17, 15) is 0 Å². The molecule has 24 heavy (non-hydrogen) atoms. The highest BCUT2D eigenvalue weighted by Crippen LogP contribution is 2.30. The van der Waals surface area contributed by atoms with Crippen molar-refractivity contribution in [1.82, 2.24) is 9.80 Å². The highest BCUT2D eigenvalue weighted by Gasteiger charge is 2.28. The Bertz CT molecular complexity index is 396. The van der Waals surface area contributed by atoms with Gasteiger partial charge in [0.05, 0.1) is 5.54 Å². The van der Waals surface area contributed by atoms with Crippen molar-refractivity contribution in [2.45, 2.75) is 92.5 Å². The molecule has 0 aromatic rings. The molecule has 1 atom stereocenters. The molecule has 0 aromatic heterocycles. The van der Waals surface area contributed by atoms with Crippen LogP contribution in [0.15, 0.2) is 4.99 Å². The Balaban J connectivity index is 2.56. The van der Waals surface area contributed by atoms with E-state index in [1.807, 2.05) is 0 Å². The average Bonchev–Trinajstić information content (AvgIpc) is 2.87. The van der Waals surface area contributed by atoms with Crippen LogP contribution in [0.25, 0.3) is 0 Å². The first-order chi connectivity index (χ1) is 11.2. The van der Waals surface area contributed by atoms with Gasteiger partial charge in [0.15, 0.2) is 5.96 Å². The van der Waals surface area contributed by atoms with Gasteiger partial charge >= 0.3 is 0 Å². The molecule has 0 aromatic carbocycles. The van der Waals surface area contributed by atoms with Crippen LogP contribution < -0.4 is 0 Å². The third-order valence-corrected chi connectivity index (χ3v) is 6.21.